The molecule has 4 heteroatoms. The molecule has 112 valence electrons. The van der Waals surface area contributed by atoms with Crippen LogP contribution in [-0.4, -0.2) is 29.9 Å². The molecule has 0 spiro atoms. The van der Waals surface area contributed by atoms with Crippen molar-refractivity contribution >= 4 is 11.9 Å². The van der Waals surface area contributed by atoms with Crippen LogP contribution in [0.2, 0.25) is 0 Å². The van der Waals surface area contributed by atoms with E-state index in [9.17, 15) is 9.59 Å². The molecule has 1 aliphatic heterocycles. The maximum Gasteiger partial charge on any atom is 0.309 e. The van der Waals surface area contributed by atoms with E-state index in [2.05, 4.69) is 0 Å². The second-order valence-electron chi connectivity index (χ2n) is 5.97. The Hall–Kier alpha value is -1.84. The van der Waals surface area contributed by atoms with E-state index in [1.807, 2.05) is 35.2 Å². The van der Waals surface area contributed by atoms with E-state index >= 15 is 0 Å². The summed E-state index contributed by atoms with van der Waals surface area (Å²) >= 11 is 0. The number of esters is 1. The molecule has 4 nitrogen and oxygen atoms in total. The monoisotopic (exact) mass is 287 g/mol. The Morgan fingerprint density at radius 3 is 2.29 bits per heavy atom. The molecule has 0 aromatic heterocycles. The lowest BCUT2D eigenvalue weighted by atomic mass is 9.96. The Labute approximate surface area is 125 Å². The minimum absolute atomic E-state index is 0.0584. The molecule has 1 aromatic carbocycles. The van der Waals surface area contributed by atoms with Gasteiger partial charge in [0.2, 0.25) is 5.91 Å². The van der Waals surface area contributed by atoms with Gasteiger partial charge in [0.1, 0.15) is 6.61 Å². The molecular weight excluding hydrogens is 266 g/mol. The molecule has 21 heavy (non-hydrogen) atoms. The summed E-state index contributed by atoms with van der Waals surface area (Å²) in [7, 11) is 0. The number of ether oxygens (including phenoxy) is 1. The number of amides is 1. The number of benzene rings is 1. The highest BCUT2D eigenvalue weighted by atomic mass is 16.5. The van der Waals surface area contributed by atoms with Gasteiger partial charge in [0.05, 0.1) is 5.92 Å². The highest BCUT2D eigenvalue weighted by Crippen LogP contribution is 2.32. The molecule has 2 fully saturated rings. The number of carbonyl (C=O) groups is 2. The van der Waals surface area contributed by atoms with E-state index in [0.717, 1.165) is 31.2 Å². The molecule has 2 aliphatic rings. The SMILES string of the molecule is O=C(OCc1ccccc1)C1CCN(C(=O)C2CC2)CC1. The standard InChI is InChI=1S/C17H21NO3/c19-16(14-6-7-14)18-10-8-15(9-11-18)17(20)21-12-13-4-2-1-3-5-13/h1-5,14-15H,6-12H2. The molecule has 1 saturated carbocycles. The first-order valence-electron chi connectivity index (χ1n) is 7.73. The number of hydrogen-bond donors (Lipinski definition) is 0. The van der Waals surface area contributed by atoms with Gasteiger partial charge >= 0.3 is 5.97 Å². The Bertz CT molecular complexity index is 502. The van der Waals surface area contributed by atoms with Gasteiger partial charge in [0.25, 0.3) is 0 Å². The normalized spacial score (nSPS) is 19.3. The van der Waals surface area contributed by atoms with Crippen molar-refractivity contribution in [3.63, 3.8) is 0 Å². The van der Waals surface area contributed by atoms with Crippen LogP contribution in [0.4, 0.5) is 0 Å². The first kappa shape index (κ1) is 14.1. The van der Waals surface area contributed by atoms with Crippen molar-refractivity contribution in [1.29, 1.82) is 0 Å². The summed E-state index contributed by atoms with van der Waals surface area (Å²) in [6.45, 7) is 1.72. The maximum absolute atomic E-state index is 12.1. The topological polar surface area (TPSA) is 46.6 Å². The third kappa shape index (κ3) is 3.63. The third-order valence-corrected chi connectivity index (χ3v) is 4.29. The third-order valence-electron chi connectivity index (χ3n) is 4.29. The van der Waals surface area contributed by atoms with Crippen molar-refractivity contribution < 1.29 is 14.3 Å². The summed E-state index contributed by atoms with van der Waals surface area (Å²) in [5.74, 6) is 0.368. The fourth-order valence-corrected chi connectivity index (χ4v) is 2.77. The molecule has 1 saturated heterocycles. The van der Waals surface area contributed by atoms with Crippen molar-refractivity contribution in [2.24, 2.45) is 11.8 Å². The summed E-state index contributed by atoms with van der Waals surface area (Å²) in [4.78, 5) is 25.9. The van der Waals surface area contributed by atoms with Gasteiger partial charge in [-0.3, -0.25) is 9.59 Å². The molecule has 1 amide bonds. The van der Waals surface area contributed by atoms with Crippen molar-refractivity contribution in [3.05, 3.63) is 35.9 Å². The fourth-order valence-electron chi connectivity index (χ4n) is 2.77. The molecule has 3 rings (SSSR count). The minimum atomic E-state index is -0.127. The van der Waals surface area contributed by atoms with Gasteiger partial charge in [-0.2, -0.15) is 0 Å². The first-order valence-corrected chi connectivity index (χ1v) is 7.73. The van der Waals surface area contributed by atoms with Crippen LogP contribution in [0.25, 0.3) is 0 Å². The Morgan fingerprint density at radius 2 is 1.67 bits per heavy atom. The second kappa shape index (κ2) is 6.29. The summed E-state index contributed by atoms with van der Waals surface area (Å²) in [6, 6.07) is 9.71. The smallest absolute Gasteiger partial charge is 0.309 e. The summed E-state index contributed by atoms with van der Waals surface area (Å²) < 4.78 is 5.38. The predicted octanol–water partition coefficient (Wildman–Crippen LogP) is 2.38. The van der Waals surface area contributed by atoms with Gasteiger partial charge in [-0.1, -0.05) is 30.3 Å². The average Bonchev–Trinajstić information content (AvgIpc) is 3.38. The molecule has 0 N–H and O–H groups in total. The van der Waals surface area contributed by atoms with Gasteiger partial charge in [-0.25, -0.2) is 0 Å². The van der Waals surface area contributed by atoms with E-state index in [1.54, 1.807) is 0 Å². The molecule has 1 aromatic rings. The second-order valence-corrected chi connectivity index (χ2v) is 5.97. The van der Waals surface area contributed by atoms with E-state index in [4.69, 9.17) is 4.74 Å². The van der Waals surface area contributed by atoms with Crippen LogP contribution in [0.5, 0.6) is 0 Å². The summed E-state index contributed by atoms with van der Waals surface area (Å²) in [5.41, 5.74) is 1.01. The molecule has 0 radical (unpaired) electrons. The Balaban J connectivity index is 1.43. The molecule has 1 heterocycles. The zero-order valence-corrected chi connectivity index (χ0v) is 12.2. The number of nitrogens with zero attached hydrogens (tertiary/aromatic N) is 1. The zero-order valence-electron chi connectivity index (χ0n) is 12.2. The van der Waals surface area contributed by atoms with Crippen LogP contribution in [0.3, 0.4) is 0 Å². The number of rotatable bonds is 4. The van der Waals surface area contributed by atoms with Crippen molar-refractivity contribution in [2.45, 2.75) is 32.3 Å². The van der Waals surface area contributed by atoms with Crippen LogP contribution in [-0.2, 0) is 20.9 Å². The maximum atomic E-state index is 12.1. The van der Waals surface area contributed by atoms with E-state index in [-0.39, 0.29) is 23.7 Å². The molecule has 0 unspecified atom stereocenters. The summed E-state index contributed by atoms with van der Waals surface area (Å²) in [6.07, 6.45) is 3.54. The quantitative estimate of drug-likeness (QED) is 0.799. The average molecular weight is 287 g/mol. The lowest BCUT2D eigenvalue weighted by Gasteiger charge is -2.31. The van der Waals surface area contributed by atoms with Crippen LogP contribution in [0.1, 0.15) is 31.2 Å². The van der Waals surface area contributed by atoms with Crippen molar-refractivity contribution in [3.8, 4) is 0 Å². The number of carbonyl (C=O) groups excluding carboxylic acids is 2. The Kier molecular flexibility index (Phi) is 4.23. The van der Waals surface area contributed by atoms with E-state index < -0.39 is 0 Å². The van der Waals surface area contributed by atoms with Gasteiger partial charge in [0, 0.05) is 19.0 Å². The number of hydrogen-bond acceptors (Lipinski definition) is 3. The van der Waals surface area contributed by atoms with Gasteiger partial charge in [-0.05, 0) is 31.2 Å². The Morgan fingerprint density at radius 1 is 1.00 bits per heavy atom. The van der Waals surface area contributed by atoms with Crippen molar-refractivity contribution in [2.75, 3.05) is 13.1 Å². The number of likely N-dealkylation sites (tertiary alicyclic amines) is 1. The fraction of sp³-hybridized carbons (Fsp3) is 0.529. The van der Waals surface area contributed by atoms with Crippen LogP contribution >= 0.6 is 0 Å². The molecule has 0 bridgehead atoms. The lowest BCUT2D eigenvalue weighted by Crippen LogP contribution is -2.41. The first-order chi connectivity index (χ1) is 10.2. The highest BCUT2D eigenvalue weighted by Gasteiger charge is 2.36. The number of piperidine rings is 1. The van der Waals surface area contributed by atoms with Crippen molar-refractivity contribution in [1.82, 2.24) is 4.90 Å². The minimum Gasteiger partial charge on any atom is -0.461 e. The predicted molar refractivity (Wildman–Crippen MR) is 78.3 cm³/mol. The van der Waals surface area contributed by atoms with E-state index in [0.29, 0.717) is 19.7 Å². The molecule has 1 aliphatic carbocycles. The molecular formula is C17H21NO3. The van der Waals surface area contributed by atoms with Crippen LogP contribution < -0.4 is 0 Å². The van der Waals surface area contributed by atoms with E-state index in [1.165, 1.54) is 0 Å². The molecule has 0 atom stereocenters. The zero-order chi connectivity index (χ0) is 14.7. The highest BCUT2D eigenvalue weighted by molar-refractivity contribution is 5.81. The lowest BCUT2D eigenvalue weighted by molar-refractivity contribution is -0.153. The van der Waals surface area contributed by atoms with Gasteiger partial charge < -0.3 is 9.64 Å². The van der Waals surface area contributed by atoms with Gasteiger partial charge in [-0.15, -0.1) is 0 Å². The summed E-state index contributed by atoms with van der Waals surface area (Å²) in [5, 5.41) is 0. The van der Waals surface area contributed by atoms with Crippen LogP contribution in [0, 0.1) is 11.8 Å². The van der Waals surface area contributed by atoms with Gasteiger partial charge in [0.15, 0.2) is 0 Å². The van der Waals surface area contributed by atoms with Crippen LogP contribution in [0.15, 0.2) is 30.3 Å². The largest absolute Gasteiger partial charge is 0.461 e.